The molecule has 0 amide bonds. The number of fused-ring (bicyclic) bond motifs is 1. The highest BCUT2D eigenvalue weighted by Crippen LogP contribution is 2.43. The van der Waals surface area contributed by atoms with Gasteiger partial charge in [0.1, 0.15) is 35.4 Å². The van der Waals surface area contributed by atoms with E-state index in [2.05, 4.69) is 19.9 Å². The lowest BCUT2D eigenvalue weighted by atomic mass is 9.80. The molecule has 1 aliphatic heterocycles. The Hall–Kier alpha value is -5.08. The Morgan fingerprint density at radius 2 is 1.53 bits per heavy atom. The number of rotatable bonds is 11. The molecule has 13 heteroatoms. The molecule has 6 rings (SSSR count). The Kier molecular flexibility index (Phi) is 9.05. The van der Waals surface area contributed by atoms with Gasteiger partial charge in [0, 0.05) is 14.1 Å². The zero-order valence-corrected chi connectivity index (χ0v) is 26.3. The lowest BCUT2D eigenvalue weighted by Gasteiger charge is -2.37. The van der Waals surface area contributed by atoms with Crippen molar-refractivity contribution in [3.63, 3.8) is 0 Å². The van der Waals surface area contributed by atoms with E-state index in [1.54, 1.807) is 33.2 Å². The Bertz CT molecular complexity index is 1840. The molecular weight excluding hydrogens is 604 g/mol. The first kappa shape index (κ1) is 31.9. The van der Waals surface area contributed by atoms with Crippen LogP contribution < -0.4 is 15.0 Å². The fourth-order valence-electron chi connectivity index (χ4n) is 5.71. The van der Waals surface area contributed by atoms with Gasteiger partial charge in [0.25, 0.3) is 5.56 Å². The van der Waals surface area contributed by atoms with E-state index in [4.69, 9.17) is 18.9 Å². The summed E-state index contributed by atoms with van der Waals surface area (Å²) in [5, 5.41) is 22.5. The van der Waals surface area contributed by atoms with Gasteiger partial charge in [-0.1, -0.05) is 54.6 Å². The van der Waals surface area contributed by atoms with Crippen LogP contribution in [0.3, 0.4) is 0 Å². The van der Waals surface area contributed by atoms with Crippen molar-refractivity contribution in [2.24, 2.45) is 4.99 Å². The summed E-state index contributed by atoms with van der Waals surface area (Å²) >= 11 is 0. The Morgan fingerprint density at radius 3 is 2.11 bits per heavy atom. The van der Waals surface area contributed by atoms with E-state index < -0.39 is 35.7 Å². The third-order valence-corrected chi connectivity index (χ3v) is 8.08. The summed E-state index contributed by atoms with van der Waals surface area (Å²) in [6.45, 7) is -0.124. The van der Waals surface area contributed by atoms with Crippen LogP contribution in [0.2, 0.25) is 0 Å². The molecule has 3 heterocycles. The summed E-state index contributed by atoms with van der Waals surface area (Å²) in [7, 11) is 6.78. The van der Waals surface area contributed by atoms with E-state index in [0.29, 0.717) is 11.5 Å². The summed E-state index contributed by atoms with van der Waals surface area (Å²) in [5.41, 5.74) is 0.951. The number of nitrogens with one attached hydrogen (secondary N) is 1. The Morgan fingerprint density at radius 1 is 0.936 bits per heavy atom. The van der Waals surface area contributed by atoms with Crippen LogP contribution in [0.4, 0.5) is 5.95 Å². The highest BCUT2D eigenvalue weighted by molar-refractivity contribution is 5.71. The molecule has 3 N–H and O–H groups in total. The zero-order valence-electron chi connectivity index (χ0n) is 26.3. The molecule has 1 saturated heterocycles. The highest BCUT2D eigenvalue weighted by Gasteiger charge is 2.47. The molecule has 0 radical (unpaired) electrons. The standard InChI is InChI=1S/C34H36N6O7/c1-39(2)19-36-33-37-30-27(31(43)38-33)35-20-40(30)32-29(42)28(41)26(47-32)18-46-34(21-8-6-5-7-9-21,22-10-14-24(44-3)15-11-22)23-12-16-25(45-4)17-13-23/h5-17,19-20,26,28-29,32,41-42H,18H2,1-4H3,(H,37,38,43)/t26-,28-,29-,32-/m1/s1. The second kappa shape index (κ2) is 13.3. The van der Waals surface area contributed by atoms with Gasteiger partial charge in [0.2, 0.25) is 5.95 Å². The maximum atomic E-state index is 12.7. The highest BCUT2D eigenvalue weighted by atomic mass is 16.6. The van der Waals surface area contributed by atoms with Crippen molar-refractivity contribution in [1.82, 2.24) is 24.4 Å². The molecule has 1 aliphatic rings. The number of benzene rings is 3. The first-order chi connectivity index (χ1) is 22.7. The molecule has 4 atom stereocenters. The minimum Gasteiger partial charge on any atom is -0.497 e. The van der Waals surface area contributed by atoms with Crippen LogP contribution in [0.15, 0.2) is 95.0 Å². The molecule has 13 nitrogen and oxygen atoms in total. The third-order valence-electron chi connectivity index (χ3n) is 8.08. The predicted octanol–water partition coefficient (Wildman–Crippen LogP) is 2.99. The molecule has 0 bridgehead atoms. The second-order valence-electron chi connectivity index (χ2n) is 11.3. The van der Waals surface area contributed by atoms with Crippen molar-refractivity contribution in [3.05, 3.63) is 112 Å². The summed E-state index contributed by atoms with van der Waals surface area (Å²) in [5.74, 6) is 1.42. The van der Waals surface area contributed by atoms with Gasteiger partial charge in [-0.25, -0.2) is 9.98 Å². The van der Waals surface area contributed by atoms with Gasteiger partial charge >= 0.3 is 0 Å². The maximum absolute atomic E-state index is 12.7. The Labute approximate surface area is 270 Å². The van der Waals surface area contributed by atoms with Crippen molar-refractivity contribution in [2.75, 3.05) is 34.9 Å². The van der Waals surface area contributed by atoms with Gasteiger partial charge < -0.3 is 34.1 Å². The normalized spacial score (nSPS) is 19.8. The average molecular weight is 641 g/mol. The summed E-state index contributed by atoms with van der Waals surface area (Å²) < 4.78 is 25.4. The van der Waals surface area contributed by atoms with Crippen LogP contribution in [0, 0.1) is 0 Å². The number of aliphatic imine (C=N–C) groups is 1. The lowest BCUT2D eigenvalue weighted by Crippen LogP contribution is -2.39. The molecule has 2 aromatic heterocycles. The number of H-pyrrole nitrogens is 1. The topological polar surface area (TPSA) is 157 Å². The predicted molar refractivity (Wildman–Crippen MR) is 174 cm³/mol. The summed E-state index contributed by atoms with van der Waals surface area (Å²) in [6, 6.07) is 24.9. The number of methoxy groups -OCH3 is 2. The molecule has 1 fully saturated rings. The van der Waals surface area contributed by atoms with Crippen LogP contribution >= 0.6 is 0 Å². The molecule has 0 aliphatic carbocycles. The average Bonchev–Trinajstić information content (AvgIpc) is 3.65. The number of hydrogen-bond acceptors (Lipinski definition) is 10. The van der Waals surface area contributed by atoms with Gasteiger partial charge in [-0.2, -0.15) is 4.98 Å². The molecule has 0 unspecified atom stereocenters. The largest absolute Gasteiger partial charge is 0.497 e. The molecule has 5 aromatic rings. The number of aliphatic hydroxyl groups excluding tert-OH is 2. The molecule has 244 valence electrons. The number of aromatic nitrogens is 4. The van der Waals surface area contributed by atoms with Crippen LogP contribution in [-0.4, -0.2) is 94.2 Å². The first-order valence-corrected chi connectivity index (χ1v) is 14.9. The van der Waals surface area contributed by atoms with E-state index in [1.165, 1.54) is 17.2 Å². The number of aromatic amines is 1. The van der Waals surface area contributed by atoms with Gasteiger partial charge in [-0.05, 0) is 41.0 Å². The number of imidazole rings is 1. The molecule has 47 heavy (non-hydrogen) atoms. The van der Waals surface area contributed by atoms with Crippen molar-refractivity contribution >= 4 is 23.5 Å². The van der Waals surface area contributed by atoms with Crippen LogP contribution in [0.5, 0.6) is 11.5 Å². The van der Waals surface area contributed by atoms with Gasteiger partial charge in [-0.15, -0.1) is 0 Å². The van der Waals surface area contributed by atoms with E-state index in [9.17, 15) is 15.0 Å². The van der Waals surface area contributed by atoms with Gasteiger partial charge in [-0.3, -0.25) is 14.3 Å². The van der Waals surface area contributed by atoms with Crippen LogP contribution in [0.1, 0.15) is 22.9 Å². The Balaban J connectivity index is 1.37. The number of hydrogen-bond donors (Lipinski definition) is 3. The molecule has 3 aromatic carbocycles. The number of nitrogens with zero attached hydrogens (tertiary/aromatic N) is 5. The number of aliphatic hydroxyl groups is 2. The van der Waals surface area contributed by atoms with E-state index in [1.807, 2.05) is 78.9 Å². The summed E-state index contributed by atoms with van der Waals surface area (Å²) in [4.78, 5) is 29.8. The van der Waals surface area contributed by atoms with Crippen molar-refractivity contribution in [3.8, 4) is 11.5 Å². The van der Waals surface area contributed by atoms with E-state index in [-0.39, 0.29) is 23.7 Å². The van der Waals surface area contributed by atoms with E-state index >= 15 is 0 Å². The smallest absolute Gasteiger partial charge is 0.280 e. The lowest BCUT2D eigenvalue weighted by molar-refractivity contribution is -0.0942. The fraction of sp³-hybridized carbons (Fsp3) is 0.294. The minimum absolute atomic E-state index is 0.0425. The summed E-state index contributed by atoms with van der Waals surface area (Å²) in [6.07, 6.45) is -1.97. The van der Waals surface area contributed by atoms with E-state index in [0.717, 1.165) is 16.7 Å². The number of ether oxygens (including phenoxy) is 4. The third kappa shape index (κ3) is 6.09. The molecule has 0 saturated carbocycles. The van der Waals surface area contributed by atoms with Gasteiger partial charge in [0.05, 0.1) is 33.5 Å². The van der Waals surface area contributed by atoms with Crippen molar-refractivity contribution < 1.29 is 29.2 Å². The van der Waals surface area contributed by atoms with Gasteiger partial charge in [0.15, 0.2) is 17.4 Å². The fourth-order valence-corrected chi connectivity index (χ4v) is 5.71. The SMILES string of the molecule is COc1ccc(C(OC[C@H]2O[C@@H](n3cnc4c(=O)[nH]c(N=CN(C)C)nc43)[C@H](O)[C@@H]2O)(c2ccccc2)c2ccc(OC)cc2)cc1. The second-order valence-corrected chi connectivity index (χ2v) is 11.3. The van der Waals surface area contributed by atoms with Crippen molar-refractivity contribution in [1.29, 1.82) is 0 Å². The zero-order chi connectivity index (χ0) is 33.1. The molecular formula is C34H36N6O7. The maximum Gasteiger partial charge on any atom is 0.280 e. The van der Waals surface area contributed by atoms with Crippen LogP contribution in [-0.2, 0) is 15.1 Å². The molecule has 0 spiro atoms. The minimum atomic E-state index is -1.39. The van der Waals surface area contributed by atoms with Crippen molar-refractivity contribution in [2.45, 2.75) is 30.1 Å². The van der Waals surface area contributed by atoms with Crippen LogP contribution in [0.25, 0.3) is 11.2 Å². The first-order valence-electron chi connectivity index (χ1n) is 14.9. The monoisotopic (exact) mass is 640 g/mol. The quantitative estimate of drug-likeness (QED) is 0.111.